The quantitative estimate of drug-likeness (QED) is 0.289. The summed E-state index contributed by atoms with van der Waals surface area (Å²) in [4.78, 5) is 9.68. The number of aromatic nitrogens is 3. The van der Waals surface area contributed by atoms with Crippen molar-refractivity contribution in [3.63, 3.8) is 0 Å². The second kappa shape index (κ2) is 6.78. The molecule has 0 aliphatic heterocycles. The summed E-state index contributed by atoms with van der Waals surface area (Å²) in [5.41, 5.74) is 6.85. The van der Waals surface area contributed by atoms with Crippen LogP contribution in [0.15, 0.2) is 101 Å². The molecular formula is C29H19N3O. The Morgan fingerprint density at radius 3 is 2.27 bits per heavy atom. The van der Waals surface area contributed by atoms with Crippen LogP contribution in [0.3, 0.4) is 0 Å². The summed E-state index contributed by atoms with van der Waals surface area (Å²) >= 11 is 0. The zero-order valence-corrected chi connectivity index (χ0v) is 18.0. The second-order valence-corrected chi connectivity index (χ2v) is 8.33. The second-order valence-electron chi connectivity index (χ2n) is 8.33. The third-order valence-electron chi connectivity index (χ3n) is 6.36. The standard InChI is InChI=1S/C29H19N3O/c1-18-27-22-12-6-8-14-26(22)33-29(27)31-28(30-18)19-15-16-25-23(17-19)21-11-5-7-13-24(21)32(25)20-9-3-2-4-10-20/h2-17H,1H3. The van der Waals surface area contributed by atoms with Gasteiger partial charge in [0.15, 0.2) is 5.82 Å². The van der Waals surface area contributed by atoms with Gasteiger partial charge in [-0.2, -0.15) is 4.98 Å². The molecule has 0 radical (unpaired) electrons. The van der Waals surface area contributed by atoms with E-state index in [0.717, 1.165) is 38.8 Å². The van der Waals surface area contributed by atoms with E-state index in [1.165, 1.54) is 16.3 Å². The maximum Gasteiger partial charge on any atom is 0.231 e. The van der Waals surface area contributed by atoms with Gasteiger partial charge in [0.25, 0.3) is 0 Å². The highest BCUT2D eigenvalue weighted by atomic mass is 16.3. The number of hydrogen-bond donors (Lipinski definition) is 0. The minimum absolute atomic E-state index is 0.630. The molecule has 33 heavy (non-hydrogen) atoms. The molecule has 4 heteroatoms. The van der Waals surface area contributed by atoms with E-state index in [-0.39, 0.29) is 0 Å². The average Bonchev–Trinajstić information content (AvgIpc) is 3.40. The van der Waals surface area contributed by atoms with Crippen LogP contribution in [0.25, 0.3) is 61.0 Å². The van der Waals surface area contributed by atoms with Crippen LogP contribution in [-0.2, 0) is 0 Å². The maximum absolute atomic E-state index is 6.06. The van der Waals surface area contributed by atoms with Crippen LogP contribution in [0, 0.1) is 6.92 Å². The highest BCUT2D eigenvalue weighted by molar-refractivity contribution is 6.10. The third kappa shape index (κ3) is 2.64. The summed E-state index contributed by atoms with van der Waals surface area (Å²) in [6.07, 6.45) is 0. The van der Waals surface area contributed by atoms with Crippen LogP contribution in [-0.4, -0.2) is 14.5 Å². The SMILES string of the molecule is Cc1nc(-c2ccc3c(c2)c2ccccc2n3-c2ccccc2)nc2oc3ccccc3c12. The minimum Gasteiger partial charge on any atom is -0.438 e. The van der Waals surface area contributed by atoms with E-state index in [1.807, 2.05) is 31.2 Å². The molecule has 7 aromatic rings. The first-order chi connectivity index (χ1) is 16.3. The van der Waals surface area contributed by atoms with Gasteiger partial charge in [-0.15, -0.1) is 0 Å². The van der Waals surface area contributed by atoms with Gasteiger partial charge in [0.2, 0.25) is 5.71 Å². The lowest BCUT2D eigenvalue weighted by atomic mass is 10.1. The van der Waals surface area contributed by atoms with E-state index in [0.29, 0.717) is 11.5 Å². The predicted molar refractivity (Wildman–Crippen MR) is 134 cm³/mol. The minimum atomic E-state index is 0.630. The van der Waals surface area contributed by atoms with Gasteiger partial charge in [0, 0.05) is 27.4 Å². The highest BCUT2D eigenvalue weighted by Crippen LogP contribution is 2.35. The Labute approximate surface area is 189 Å². The number of rotatable bonds is 2. The number of furan rings is 1. The molecule has 3 aromatic heterocycles. The Morgan fingerprint density at radius 1 is 0.667 bits per heavy atom. The first-order valence-electron chi connectivity index (χ1n) is 11.0. The molecule has 156 valence electrons. The summed E-state index contributed by atoms with van der Waals surface area (Å²) in [7, 11) is 0. The van der Waals surface area contributed by atoms with Crippen molar-refractivity contribution in [2.45, 2.75) is 6.92 Å². The number of hydrogen-bond acceptors (Lipinski definition) is 3. The molecule has 7 rings (SSSR count). The smallest absolute Gasteiger partial charge is 0.231 e. The normalized spacial score (nSPS) is 11.8. The van der Waals surface area contributed by atoms with Crippen molar-refractivity contribution in [1.82, 2.24) is 14.5 Å². The van der Waals surface area contributed by atoms with E-state index in [2.05, 4.69) is 77.4 Å². The zero-order chi connectivity index (χ0) is 21.9. The lowest BCUT2D eigenvalue weighted by Crippen LogP contribution is -1.94. The Kier molecular flexibility index (Phi) is 3.73. The lowest BCUT2D eigenvalue weighted by Gasteiger charge is -2.08. The van der Waals surface area contributed by atoms with Gasteiger partial charge in [-0.1, -0.05) is 54.6 Å². The van der Waals surface area contributed by atoms with E-state index in [4.69, 9.17) is 14.4 Å². The summed E-state index contributed by atoms with van der Waals surface area (Å²) in [5, 5.41) is 4.42. The topological polar surface area (TPSA) is 43.9 Å². The lowest BCUT2D eigenvalue weighted by molar-refractivity contribution is 0.653. The van der Waals surface area contributed by atoms with E-state index < -0.39 is 0 Å². The molecule has 0 atom stereocenters. The monoisotopic (exact) mass is 425 g/mol. The molecule has 0 fully saturated rings. The first kappa shape index (κ1) is 18.2. The van der Waals surface area contributed by atoms with Gasteiger partial charge in [-0.05, 0) is 49.4 Å². The van der Waals surface area contributed by atoms with E-state index in [9.17, 15) is 0 Å². The Morgan fingerprint density at radius 2 is 1.39 bits per heavy atom. The van der Waals surface area contributed by atoms with Gasteiger partial charge < -0.3 is 8.98 Å². The molecule has 0 amide bonds. The fraction of sp³-hybridized carbons (Fsp3) is 0.0345. The van der Waals surface area contributed by atoms with Crippen LogP contribution >= 0.6 is 0 Å². The van der Waals surface area contributed by atoms with Crippen molar-refractivity contribution in [3.05, 3.63) is 103 Å². The van der Waals surface area contributed by atoms with Crippen molar-refractivity contribution in [2.24, 2.45) is 0 Å². The maximum atomic E-state index is 6.06. The summed E-state index contributed by atoms with van der Waals surface area (Å²) in [6, 6.07) is 33.5. The van der Waals surface area contributed by atoms with Crippen molar-refractivity contribution in [2.75, 3.05) is 0 Å². The van der Waals surface area contributed by atoms with Gasteiger partial charge in [0.1, 0.15) is 5.58 Å². The average molecular weight is 425 g/mol. The molecule has 0 spiro atoms. The van der Waals surface area contributed by atoms with Crippen molar-refractivity contribution in [1.29, 1.82) is 0 Å². The van der Waals surface area contributed by atoms with Crippen molar-refractivity contribution >= 4 is 43.9 Å². The molecule has 3 heterocycles. The summed E-state index contributed by atoms with van der Waals surface area (Å²) in [5.74, 6) is 0.678. The molecule has 0 bridgehead atoms. The fourth-order valence-electron chi connectivity index (χ4n) is 4.89. The van der Waals surface area contributed by atoms with Crippen LogP contribution < -0.4 is 0 Å². The number of fused-ring (bicyclic) bond motifs is 6. The van der Waals surface area contributed by atoms with E-state index in [1.54, 1.807) is 0 Å². The molecule has 0 saturated carbocycles. The number of nitrogens with zero attached hydrogens (tertiary/aromatic N) is 3. The molecule has 4 nitrogen and oxygen atoms in total. The highest BCUT2D eigenvalue weighted by Gasteiger charge is 2.16. The first-order valence-corrected chi connectivity index (χ1v) is 11.0. The van der Waals surface area contributed by atoms with Crippen LogP contribution in [0.1, 0.15) is 5.69 Å². The molecule has 0 unspecified atom stereocenters. The largest absolute Gasteiger partial charge is 0.438 e. The van der Waals surface area contributed by atoms with Crippen LogP contribution in [0.5, 0.6) is 0 Å². The molecule has 0 N–H and O–H groups in total. The van der Waals surface area contributed by atoms with Gasteiger partial charge in [-0.3, -0.25) is 0 Å². The Bertz CT molecular complexity index is 1830. The molecule has 0 aliphatic rings. The van der Waals surface area contributed by atoms with Crippen LogP contribution in [0.4, 0.5) is 0 Å². The summed E-state index contributed by atoms with van der Waals surface area (Å²) in [6.45, 7) is 2.02. The molecular weight excluding hydrogens is 406 g/mol. The van der Waals surface area contributed by atoms with E-state index >= 15 is 0 Å². The summed E-state index contributed by atoms with van der Waals surface area (Å²) < 4.78 is 8.37. The van der Waals surface area contributed by atoms with Gasteiger partial charge in [-0.25, -0.2) is 4.98 Å². The predicted octanol–water partition coefficient (Wildman–Crippen LogP) is 7.45. The molecule has 0 saturated heterocycles. The molecule has 4 aromatic carbocycles. The van der Waals surface area contributed by atoms with Gasteiger partial charge in [0.05, 0.1) is 22.1 Å². The number of aryl methyl sites for hydroxylation is 1. The number of benzene rings is 4. The van der Waals surface area contributed by atoms with Crippen molar-refractivity contribution in [3.8, 4) is 17.1 Å². The Balaban J connectivity index is 1.49. The molecule has 0 aliphatic carbocycles. The van der Waals surface area contributed by atoms with Crippen LogP contribution in [0.2, 0.25) is 0 Å². The zero-order valence-electron chi connectivity index (χ0n) is 18.0. The van der Waals surface area contributed by atoms with Crippen molar-refractivity contribution < 1.29 is 4.42 Å². The fourth-order valence-corrected chi connectivity index (χ4v) is 4.89. The van der Waals surface area contributed by atoms with Gasteiger partial charge >= 0.3 is 0 Å². The number of para-hydroxylation sites is 3. The Hall–Kier alpha value is -4.44. The third-order valence-corrected chi connectivity index (χ3v) is 6.36.